The lowest BCUT2D eigenvalue weighted by Gasteiger charge is -2.15. The Labute approximate surface area is 145 Å². The monoisotopic (exact) mass is 361 g/mol. The zero-order chi connectivity index (χ0) is 16.7. The molecule has 2 heterocycles. The van der Waals surface area contributed by atoms with Gasteiger partial charge in [0, 0.05) is 23.7 Å². The van der Waals surface area contributed by atoms with E-state index in [-0.39, 0.29) is 0 Å². The number of nitrogens with one attached hydrogen (secondary N) is 1. The second-order valence-electron chi connectivity index (χ2n) is 5.88. The SMILES string of the molecule is O=S(=O)(c1ccc(-c2nc3ccc(Cl)cc3[nH]2)cc1)N1CCCC1. The van der Waals surface area contributed by atoms with E-state index < -0.39 is 10.0 Å². The highest BCUT2D eigenvalue weighted by molar-refractivity contribution is 7.89. The molecule has 0 unspecified atom stereocenters. The van der Waals surface area contributed by atoms with Crippen LogP contribution >= 0.6 is 11.6 Å². The number of sulfonamides is 1. The molecule has 1 aromatic heterocycles. The molecule has 0 spiro atoms. The summed E-state index contributed by atoms with van der Waals surface area (Å²) in [5.74, 6) is 0.692. The molecule has 1 aliphatic heterocycles. The standard InChI is InChI=1S/C17H16ClN3O2S/c18-13-5-8-15-16(11-13)20-17(19-15)12-3-6-14(7-4-12)24(22,23)21-9-1-2-10-21/h3-8,11H,1-2,9-10H2,(H,19,20). The molecule has 2 aromatic carbocycles. The Morgan fingerprint density at radius 2 is 1.75 bits per heavy atom. The molecule has 1 fully saturated rings. The van der Waals surface area contributed by atoms with Crippen molar-refractivity contribution in [2.24, 2.45) is 0 Å². The summed E-state index contributed by atoms with van der Waals surface area (Å²) in [4.78, 5) is 8.06. The van der Waals surface area contributed by atoms with Crippen molar-refractivity contribution >= 4 is 32.7 Å². The van der Waals surface area contributed by atoms with E-state index in [9.17, 15) is 8.42 Å². The van der Waals surface area contributed by atoms with Crippen LogP contribution in [-0.2, 0) is 10.0 Å². The van der Waals surface area contributed by atoms with Crippen molar-refractivity contribution in [3.8, 4) is 11.4 Å². The van der Waals surface area contributed by atoms with Crippen molar-refractivity contribution in [3.05, 3.63) is 47.5 Å². The lowest BCUT2D eigenvalue weighted by Crippen LogP contribution is -2.27. The zero-order valence-electron chi connectivity index (χ0n) is 12.9. The predicted molar refractivity (Wildman–Crippen MR) is 94.5 cm³/mol. The maximum absolute atomic E-state index is 12.5. The Bertz CT molecular complexity index is 990. The number of rotatable bonds is 3. The highest BCUT2D eigenvalue weighted by atomic mass is 35.5. The maximum atomic E-state index is 12.5. The molecule has 1 saturated heterocycles. The van der Waals surface area contributed by atoms with Crippen LogP contribution in [-0.4, -0.2) is 35.8 Å². The van der Waals surface area contributed by atoms with Crippen molar-refractivity contribution < 1.29 is 8.42 Å². The maximum Gasteiger partial charge on any atom is 0.243 e. The first-order valence-corrected chi connectivity index (χ1v) is 9.62. The molecule has 5 nitrogen and oxygen atoms in total. The number of aromatic nitrogens is 2. The van der Waals surface area contributed by atoms with Crippen molar-refractivity contribution in [2.75, 3.05) is 13.1 Å². The molecular weight excluding hydrogens is 346 g/mol. The number of hydrogen-bond donors (Lipinski definition) is 1. The van der Waals surface area contributed by atoms with E-state index in [2.05, 4.69) is 9.97 Å². The normalized spacial score (nSPS) is 16.0. The van der Waals surface area contributed by atoms with Crippen LogP contribution in [0.2, 0.25) is 5.02 Å². The van der Waals surface area contributed by atoms with Crippen molar-refractivity contribution in [1.29, 1.82) is 0 Å². The molecule has 1 aliphatic rings. The van der Waals surface area contributed by atoms with Crippen molar-refractivity contribution in [3.63, 3.8) is 0 Å². The zero-order valence-corrected chi connectivity index (χ0v) is 14.4. The lowest BCUT2D eigenvalue weighted by atomic mass is 10.2. The third-order valence-corrected chi connectivity index (χ3v) is 6.42. The van der Waals surface area contributed by atoms with Gasteiger partial charge in [-0.05, 0) is 55.3 Å². The molecule has 0 amide bonds. The number of halogens is 1. The first kappa shape index (κ1) is 15.6. The van der Waals surface area contributed by atoms with Crippen LogP contribution in [0.15, 0.2) is 47.4 Å². The minimum absolute atomic E-state index is 0.326. The van der Waals surface area contributed by atoms with Crippen LogP contribution in [0.25, 0.3) is 22.4 Å². The molecule has 0 saturated carbocycles. The number of hydrogen-bond acceptors (Lipinski definition) is 3. The van der Waals surface area contributed by atoms with Crippen molar-refractivity contribution in [2.45, 2.75) is 17.7 Å². The Hall–Kier alpha value is -1.89. The molecule has 1 N–H and O–H groups in total. The number of imidazole rings is 1. The van der Waals surface area contributed by atoms with Gasteiger partial charge < -0.3 is 4.98 Å². The molecule has 4 rings (SSSR count). The number of fused-ring (bicyclic) bond motifs is 1. The first-order chi connectivity index (χ1) is 11.5. The molecule has 0 atom stereocenters. The van der Waals surface area contributed by atoms with Crippen LogP contribution in [0.4, 0.5) is 0 Å². The van der Waals surface area contributed by atoms with Crippen LogP contribution in [0, 0.1) is 0 Å². The van der Waals surface area contributed by atoms with Crippen molar-refractivity contribution in [1.82, 2.24) is 14.3 Å². The van der Waals surface area contributed by atoms with Gasteiger partial charge in [0.1, 0.15) is 5.82 Å². The second kappa shape index (κ2) is 5.88. The van der Waals surface area contributed by atoms with E-state index >= 15 is 0 Å². The van der Waals surface area contributed by atoms with E-state index in [1.807, 2.05) is 12.1 Å². The molecule has 7 heteroatoms. The average Bonchev–Trinajstić information content (AvgIpc) is 3.24. The van der Waals surface area contributed by atoms with Gasteiger partial charge in [-0.25, -0.2) is 13.4 Å². The summed E-state index contributed by atoms with van der Waals surface area (Å²) in [6.45, 7) is 1.21. The summed E-state index contributed by atoms with van der Waals surface area (Å²) in [7, 11) is -3.38. The average molecular weight is 362 g/mol. The highest BCUT2D eigenvalue weighted by Crippen LogP contribution is 2.26. The van der Waals surface area contributed by atoms with Gasteiger partial charge in [0.2, 0.25) is 10.0 Å². The topological polar surface area (TPSA) is 66.1 Å². The van der Waals surface area contributed by atoms with Gasteiger partial charge in [-0.3, -0.25) is 0 Å². The summed E-state index contributed by atoms with van der Waals surface area (Å²) in [5.41, 5.74) is 2.51. The number of aromatic amines is 1. The van der Waals surface area contributed by atoms with Gasteiger partial charge in [-0.1, -0.05) is 11.6 Å². The number of H-pyrrole nitrogens is 1. The largest absolute Gasteiger partial charge is 0.338 e. The van der Waals surface area contributed by atoms with Gasteiger partial charge in [-0.15, -0.1) is 0 Å². The fourth-order valence-electron chi connectivity index (χ4n) is 2.98. The highest BCUT2D eigenvalue weighted by Gasteiger charge is 2.27. The molecular formula is C17H16ClN3O2S. The molecule has 3 aromatic rings. The van der Waals surface area contributed by atoms with Gasteiger partial charge in [0.25, 0.3) is 0 Å². The summed E-state index contributed by atoms with van der Waals surface area (Å²) < 4.78 is 26.6. The number of benzene rings is 2. The minimum Gasteiger partial charge on any atom is -0.338 e. The fraction of sp³-hybridized carbons (Fsp3) is 0.235. The third kappa shape index (κ3) is 2.70. The molecule has 124 valence electrons. The van der Waals surface area contributed by atoms with E-state index in [1.165, 1.54) is 0 Å². The van der Waals surface area contributed by atoms with Gasteiger partial charge in [-0.2, -0.15) is 4.31 Å². The van der Waals surface area contributed by atoms with Crippen LogP contribution in [0.1, 0.15) is 12.8 Å². The van der Waals surface area contributed by atoms with Crippen LogP contribution in [0.5, 0.6) is 0 Å². The summed E-state index contributed by atoms with van der Waals surface area (Å²) in [6.07, 6.45) is 1.86. The Balaban J connectivity index is 1.67. The lowest BCUT2D eigenvalue weighted by molar-refractivity contribution is 0.477. The molecule has 24 heavy (non-hydrogen) atoms. The van der Waals surface area contributed by atoms with Gasteiger partial charge in [0.05, 0.1) is 15.9 Å². The summed E-state index contributed by atoms with van der Waals surface area (Å²) >= 11 is 5.99. The molecule has 0 bridgehead atoms. The molecule has 0 radical (unpaired) electrons. The minimum atomic E-state index is -3.38. The Morgan fingerprint density at radius 1 is 1.04 bits per heavy atom. The third-order valence-electron chi connectivity index (χ3n) is 4.27. The quantitative estimate of drug-likeness (QED) is 0.774. The first-order valence-electron chi connectivity index (χ1n) is 7.80. The fourth-order valence-corrected chi connectivity index (χ4v) is 4.67. The Kier molecular flexibility index (Phi) is 3.83. The van der Waals surface area contributed by atoms with Crippen LogP contribution in [0.3, 0.4) is 0 Å². The van der Waals surface area contributed by atoms with Crippen LogP contribution < -0.4 is 0 Å². The van der Waals surface area contributed by atoms with Gasteiger partial charge in [0.15, 0.2) is 0 Å². The second-order valence-corrected chi connectivity index (χ2v) is 8.26. The van der Waals surface area contributed by atoms with E-state index in [0.29, 0.717) is 28.8 Å². The van der Waals surface area contributed by atoms with E-state index in [0.717, 1.165) is 29.4 Å². The van der Waals surface area contributed by atoms with Gasteiger partial charge >= 0.3 is 0 Å². The Morgan fingerprint density at radius 3 is 2.46 bits per heavy atom. The summed E-state index contributed by atoms with van der Waals surface area (Å²) in [6, 6.07) is 12.3. The number of nitrogens with zero attached hydrogens (tertiary/aromatic N) is 2. The molecule has 0 aliphatic carbocycles. The van der Waals surface area contributed by atoms with E-state index in [1.54, 1.807) is 34.6 Å². The smallest absolute Gasteiger partial charge is 0.243 e. The predicted octanol–water partition coefficient (Wildman–Crippen LogP) is 3.67. The van der Waals surface area contributed by atoms with E-state index in [4.69, 9.17) is 11.6 Å². The summed E-state index contributed by atoms with van der Waals surface area (Å²) in [5, 5.41) is 0.643.